The van der Waals surface area contributed by atoms with Crippen molar-refractivity contribution >= 4 is 29.1 Å². The number of anilines is 2. The molecular weight excluding hydrogens is 707 g/mol. The quantitative estimate of drug-likeness (QED) is 0.0863. The fourth-order valence-corrected chi connectivity index (χ4v) is 8.47. The molecule has 3 aliphatic rings. The van der Waals surface area contributed by atoms with Crippen LogP contribution in [0.5, 0.6) is 0 Å². The van der Waals surface area contributed by atoms with Crippen LogP contribution in [-0.2, 0) is 37.0 Å². The summed E-state index contributed by atoms with van der Waals surface area (Å²) < 4.78 is 13.4. The lowest BCUT2D eigenvalue weighted by Gasteiger charge is -2.50. The monoisotopic (exact) mass is 767 g/mol. The van der Waals surface area contributed by atoms with Gasteiger partial charge in [0.1, 0.15) is 0 Å². The Kier molecular flexibility index (Phi) is 14.2. The summed E-state index contributed by atoms with van der Waals surface area (Å²) in [5.74, 6) is 0.510. The lowest BCUT2D eigenvalue weighted by molar-refractivity contribution is -0.255. The third kappa shape index (κ3) is 11.4. The number of carbonyl (C=O) groups is 3. The normalized spacial score (nSPS) is 24.1. The first-order chi connectivity index (χ1) is 27.0. The number of amides is 3. The van der Waals surface area contributed by atoms with Crippen molar-refractivity contribution in [2.75, 3.05) is 17.6 Å². The van der Waals surface area contributed by atoms with Crippen LogP contribution in [0.15, 0.2) is 72.8 Å². The molecular formula is C45H61N5O6. The zero-order valence-electron chi connectivity index (χ0n) is 33.3. The van der Waals surface area contributed by atoms with E-state index in [1.54, 1.807) is 12.1 Å². The molecule has 11 nitrogen and oxygen atoms in total. The molecule has 2 aliphatic heterocycles. The number of nitrogen functional groups attached to an aromatic ring is 1. The van der Waals surface area contributed by atoms with Crippen LogP contribution in [0.4, 0.5) is 11.4 Å². The SMILES string of the molecule is CC(C)(C)NC(=O)C1CCC2CCCCC2N1CC1CC(c2ccc(CO)cc2)OC(c2ccc(CNC(=O)CCCCC(=O)Nc3ccccc3N)cc2)O1. The molecule has 0 spiro atoms. The number of hydrogen-bond acceptors (Lipinski definition) is 8. The van der Waals surface area contributed by atoms with Crippen LogP contribution in [0.1, 0.15) is 126 Å². The zero-order valence-corrected chi connectivity index (χ0v) is 33.3. The number of unbranched alkanes of at least 4 members (excludes halogenated alkanes) is 1. The van der Waals surface area contributed by atoms with Gasteiger partial charge in [0.2, 0.25) is 17.7 Å². The highest BCUT2D eigenvalue weighted by molar-refractivity contribution is 5.93. The Bertz CT molecular complexity index is 1760. The molecule has 3 aromatic carbocycles. The number of fused-ring (bicyclic) bond motifs is 1. The number of carbonyl (C=O) groups excluding carboxylic acids is 3. The van der Waals surface area contributed by atoms with E-state index < -0.39 is 6.29 Å². The van der Waals surface area contributed by atoms with Crippen molar-refractivity contribution in [1.29, 1.82) is 0 Å². The van der Waals surface area contributed by atoms with Crippen molar-refractivity contribution in [3.8, 4) is 0 Å². The van der Waals surface area contributed by atoms with Gasteiger partial charge in [0.15, 0.2) is 6.29 Å². The first kappa shape index (κ1) is 41.3. The second kappa shape index (κ2) is 19.2. The standard InChI is InChI=1S/C45H61N5O6/c1-45(2,3)49-43(54)39-25-24-32-10-4-7-13-38(32)50(39)28-35-26-40(33-20-18-31(29-51)19-21-33)56-44(55-35)34-22-16-30(17-23-34)27-47-41(52)14-8-9-15-42(53)48-37-12-6-5-11-36(37)46/h5-6,11-12,16-23,32,35,38-40,44,51H,4,7-10,13-15,24-29,46H2,1-3H3,(H,47,52)(H,48,53)(H,49,54). The Labute approximate surface area is 332 Å². The van der Waals surface area contributed by atoms with E-state index in [1.165, 1.54) is 19.3 Å². The van der Waals surface area contributed by atoms with E-state index in [9.17, 15) is 19.5 Å². The lowest BCUT2D eigenvalue weighted by atomic mass is 9.75. The summed E-state index contributed by atoms with van der Waals surface area (Å²) in [6, 6.07) is 23.2. The van der Waals surface area contributed by atoms with E-state index in [0.29, 0.717) is 68.5 Å². The number of nitrogens with two attached hydrogens (primary N) is 1. The highest BCUT2D eigenvalue weighted by Gasteiger charge is 2.44. The fourth-order valence-electron chi connectivity index (χ4n) is 8.47. The van der Waals surface area contributed by atoms with Crippen molar-refractivity contribution in [1.82, 2.24) is 15.5 Å². The average molecular weight is 768 g/mol. The van der Waals surface area contributed by atoms with Gasteiger partial charge in [-0.3, -0.25) is 19.3 Å². The van der Waals surface area contributed by atoms with Crippen molar-refractivity contribution in [3.63, 3.8) is 0 Å². The minimum atomic E-state index is -0.621. The minimum Gasteiger partial charge on any atom is -0.397 e. The number of benzene rings is 3. The molecule has 0 radical (unpaired) electrons. The molecule has 6 rings (SSSR count). The summed E-state index contributed by atoms with van der Waals surface area (Å²) >= 11 is 0. The summed E-state index contributed by atoms with van der Waals surface area (Å²) in [6.07, 6.45) is 8.13. The maximum absolute atomic E-state index is 13.8. The van der Waals surface area contributed by atoms with E-state index >= 15 is 0 Å². The summed E-state index contributed by atoms with van der Waals surface area (Å²) in [5.41, 5.74) is 10.4. The molecule has 6 unspecified atom stereocenters. The van der Waals surface area contributed by atoms with Crippen LogP contribution < -0.4 is 21.7 Å². The Morgan fingerprint density at radius 2 is 1.50 bits per heavy atom. The fraction of sp³-hybridized carbons (Fsp3) is 0.533. The van der Waals surface area contributed by atoms with Crippen molar-refractivity contribution < 1.29 is 29.0 Å². The van der Waals surface area contributed by atoms with E-state index in [1.807, 2.05) is 81.4 Å². The van der Waals surface area contributed by atoms with Crippen LogP contribution in [0, 0.1) is 5.92 Å². The Morgan fingerprint density at radius 3 is 2.21 bits per heavy atom. The third-order valence-electron chi connectivity index (χ3n) is 11.4. The smallest absolute Gasteiger partial charge is 0.237 e. The summed E-state index contributed by atoms with van der Waals surface area (Å²) in [6.45, 7) is 7.12. The molecule has 3 aromatic rings. The summed E-state index contributed by atoms with van der Waals surface area (Å²) in [5, 5.41) is 18.8. The van der Waals surface area contributed by atoms with Gasteiger partial charge in [-0.05, 0) is 94.0 Å². The van der Waals surface area contributed by atoms with Crippen LogP contribution in [0.3, 0.4) is 0 Å². The molecule has 0 aromatic heterocycles. The van der Waals surface area contributed by atoms with Crippen LogP contribution >= 0.6 is 0 Å². The van der Waals surface area contributed by atoms with Gasteiger partial charge in [-0.15, -0.1) is 0 Å². The zero-order chi connectivity index (χ0) is 39.7. The number of nitrogens with one attached hydrogen (secondary N) is 3. The maximum Gasteiger partial charge on any atom is 0.237 e. The van der Waals surface area contributed by atoms with Crippen molar-refractivity contribution in [3.05, 3.63) is 95.1 Å². The number of aliphatic hydroxyl groups is 1. The molecule has 1 saturated carbocycles. The van der Waals surface area contributed by atoms with Gasteiger partial charge in [-0.25, -0.2) is 0 Å². The van der Waals surface area contributed by atoms with Crippen molar-refractivity contribution in [2.24, 2.45) is 5.92 Å². The molecule has 1 aliphatic carbocycles. The molecule has 56 heavy (non-hydrogen) atoms. The number of nitrogens with zero attached hydrogens (tertiary/aromatic N) is 1. The number of piperidine rings is 1. The molecule has 6 N–H and O–H groups in total. The van der Waals surface area contributed by atoms with Gasteiger partial charge in [-0.2, -0.15) is 0 Å². The van der Waals surface area contributed by atoms with Gasteiger partial charge >= 0.3 is 0 Å². The van der Waals surface area contributed by atoms with Gasteiger partial charge in [0.25, 0.3) is 0 Å². The van der Waals surface area contributed by atoms with Crippen molar-refractivity contribution in [2.45, 2.75) is 141 Å². The lowest BCUT2D eigenvalue weighted by Crippen LogP contribution is -2.61. The first-order valence-corrected chi connectivity index (χ1v) is 20.5. The molecule has 3 fully saturated rings. The van der Waals surface area contributed by atoms with Gasteiger partial charge in [-0.1, -0.05) is 73.5 Å². The number of likely N-dealkylation sites (tertiary alicyclic amines) is 1. The Morgan fingerprint density at radius 1 is 0.821 bits per heavy atom. The minimum absolute atomic E-state index is 0.0212. The summed E-state index contributed by atoms with van der Waals surface area (Å²) in [4.78, 5) is 41.2. The molecule has 2 saturated heterocycles. The highest BCUT2D eigenvalue weighted by atomic mass is 16.7. The largest absolute Gasteiger partial charge is 0.397 e. The number of aliphatic hydroxyl groups excluding tert-OH is 1. The van der Waals surface area contributed by atoms with Crippen LogP contribution in [0.2, 0.25) is 0 Å². The maximum atomic E-state index is 13.8. The predicted molar refractivity (Wildman–Crippen MR) is 218 cm³/mol. The molecule has 11 heteroatoms. The molecule has 3 amide bonds. The number of rotatable bonds is 14. The van der Waals surface area contributed by atoms with Gasteiger partial charge in [0, 0.05) is 49.5 Å². The van der Waals surface area contributed by atoms with Gasteiger partial charge < -0.3 is 36.3 Å². The van der Waals surface area contributed by atoms with E-state index in [-0.39, 0.29) is 48.1 Å². The van der Waals surface area contributed by atoms with Crippen LogP contribution in [0.25, 0.3) is 0 Å². The molecule has 6 atom stereocenters. The highest BCUT2D eigenvalue weighted by Crippen LogP contribution is 2.42. The van der Waals surface area contributed by atoms with E-state index in [2.05, 4.69) is 20.9 Å². The second-order valence-electron chi connectivity index (χ2n) is 16.9. The topological polar surface area (TPSA) is 155 Å². The number of ether oxygens (including phenoxy) is 2. The predicted octanol–water partition coefficient (Wildman–Crippen LogP) is 7.06. The first-order valence-electron chi connectivity index (χ1n) is 20.5. The van der Waals surface area contributed by atoms with Gasteiger partial charge in [0.05, 0.1) is 36.2 Å². The molecule has 302 valence electrons. The molecule has 2 heterocycles. The number of para-hydroxylation sites is 2. The Balaban J connectivity index is 1.08. The second-order valence-corrected chi connectivity index (χ2v) is 16.9. The van der Waals surface area contributed by atoms with E-state index in [0.717, 1.165) is 41.5 Å². The summed E-state index contributed by atoms with van der Waals surface area (Å²) in [7, 11) is 0. The third-order valence-corrected chi connectivity index (χ3v) is 11.4. The molecule has 0 bridgehead atoms. The average Bonchev–Trinajstić information content (AvgIpc) is 3.19. The van der Waals surface area contributed by atoms with E-state index in [4.69, 9.17) is 15.2 Å². The van der Waals surface area contributed by atoms with Crippen LogP contribution in [-0.4, -0.2) is 58.0 Å². The Hall–Kier alpha value is -4.29. The number of hydrogen-bond donors (Lipinski definition) is 5.